The number of carbonyl (C=O) groups is 1. The SMILES string of the molecule is CC(=O)N1CCN(C[C@@H]2OC[C@H](NS(C)(=O)=O)[C@H]2O)CC1. The Hall–Kier alpha value is -0.740. The Morgan fingerprint density at radius 3 is 2.48 bits per heavy atom. The van der Waals surface area contributed by atoms with Gasteiger partial charge in [0.05, 0.1) is 31.1 Å². The molecule has 0 aromatic carbocycles. The van der Waals surface area contributed by atoms with Crippen molar-refractivity contribution in [2.45, 2.75) is 25.2 Å². The molecule has 8 nitrogen and oxygen atoms in total. The lowest BCUT2D eigenvalue weighted by molar-refractivity contribution is -0.130. The molecule has 3 atom stereocenters. The van der Waals surface area contributed by atoms with Crippen LogP contribution in [0.15, 0.2) is 0 Å². The van der Waals surface area contributed by atoms with Gasteiger partial charge in [-0.15, -0.1) is 0 Å². The number of hydrogen-bond acceptors (Lipinski definition) is 6. The number of aliphatic hydroxyl groups is 1. The van der Waals surface area contributed by atoms with Gasteiger partial charge in [-0.2, -0.15) is 0 Å². The highest BCUT2D eigenvalue weighted by Gasteiger charge is 2.38. The van der Waals surface area contributed by atoms with E-state index in [1.54, 1.807) is 11.8 Å². The van der Waals surface area contributed by atoms with Gasteiger partial charge >= 0.3 is 0 Å². The van der Waals surface area contributed by atoms with Crippen molar-refractivity contribution in [3.05, 3.63) is 0 Å². The summed E-state index contributed by atoms with van der Waals surface area (Å²) in [6.45, 7) is 5.07. The van der Waals surface area contributed by atoms with Gasteiger partial charge in [0.15, 0.2) is 0 Å². The molecular weight excluding hydrogens is 298 g/mol. The van der Waals surface area contributed by atoms with Gasteiger partial charge in [-0.25, -0.2) is 13.1 Å². The lowest BCUT2D eigenvalue weighted by atomic mass is 10.1. The third-order valence-electron chi connectivity index (χ3n) is 3.90. The number of rotatable bonds is 4. The third-order valence-corrected chi connectivity index (χ3v) is 4.64. The van der Waals surface area contributed by atoms with Crippen molar-refractivity contribution in [1.82, 2.24) is 14.5 Å². The molecule has 0 saturated carbocycles. The van der Waals surface area contributed by atoms with Crippen LogP contribution in [0.3, 0.4) is 0 Å². The first-order valence-corrected chi connectivity index (χ1v) is 8.90. The van der Waals surface area contributed by atoms with E-state index in [1.807, 2.05) is 0 Å². The number of hydrogen-bond donors (Lipinski definition) is 2. The van der Waals surface area contributed by atoms with Crippen LogP contribution in [0.25, 0.3) is 0 Å². The monoisotopic (exact) mass is 321 g/mol. The summed E-state index contributed by atoms with van der Waals surface area (Å²) in [7, 11) is -3.36. The number of sulfonamides is 1. The van der Waals surface area contributed by atoms with E-state index in [-0.39, 0.29) is 12.5 Å². The summed E-state index contributed by atoms with van der Waals surface area (Å²) in [4.78, 5) is 15.2. The molecule has 0 aromatic rings. The zero-order valence-corrected chi connectivity index (χ0v) is 13.2. The van der Waals surface area contributed by atoms with Crippen LogP contribution in [-0.2, 0) is 19.6 Å². The maximum atomic E-state index is 11.3. The minimum Gasteiger partial charge on any atom is -0.389 e. The highest BCUT2D eigenvalue weighted by atomic mass is 32.2. The predicted octanol–water partition coefficient (Wildman–Crippen LogP) is -2.17. The van der Waals surface area contributed by atoms with Crippen LogP contribution < -0.4 is 4.72 Å². The van der Waals surface area contributed by atoms with E-state index in [0.717, 1.165) is 19.3 Å². The second kappa shape index (κ2) is 6.57. The summed E-state index contributed by atoms with van der Waals surface area (Å²) in [5.74, 6) is 0.0733. The molecule has 9 heteroatoms. The number of nitrogens with one attached hydrogen (secondary N) is 1. The summed E-state index contributed by atoms with van der Waals surface area (Å²) in [6, 6.07) is -0.594. The minimum absolute atomic E-state index is 0.0733. The zero-order chi connectivity index (χ0) is 15.6. The fourth-order valence-corrected chi connectivity index (χ4v) is 3.48. The summed E-state index contributed by atoms with van der Waals surface area (Å²) in [6.07, 6.45) is -0.202. The first kappa shape index (κ1) is 16.6. The van der Waals surface area contributed by atoms with Crippen molar-refractivity contribution < 1.29 is 23.1 Å². The molecule has 2 N–H and O–H groups in total. The highest BCUT2D eigenvalue weighted by Crippen LogP contribution is 2.17. The Morgan fingerprint density at radius 2 is 1.95 bits per heavy atom. The van der Waals surface area contributed by atoms with Crippen LogP contribution in [0.5, 0.6) is 0 Å². The maximum Gasteiger partial charge on any atom is 0.219 e. The molecule has 0 aliphatic carbocycles. The average Bonchev–Trinajstić information content (AvgIpc) is 2.70. The summed E-state index contributed by atoms with van der Waals surface area (Å²) in [5, 5.41) is 10.1. The van der Waals surface area contributed by atoms with Gasteiger partial charge in [-0.05, 0) is 0 Å². The van der Waals surface area contributed by atoms with Gasteiger partial charge < -0.3 is 14.7 Å². The molecule has 2 aliphatic rings. The number of nitrogens with zero attached hydrogens (tertiary/aromatic N) is 2. The number of aliphatic hydroxyl groups excluding tert-OH is 1. The first-order chi connectivity index (χ1) is 9.76. The highest BCUT2D eigenvalue weighted by molar-refractivity contribution is 7.88. The second-order valence-electron chi connectivity index (χ2n) is 5.67. The number of amides is 1. The third kappa shape index (κ3) is 4.62. The van der Waals surface area contributed by atoms with Crippen LogP contribution in [0, 0.1) is 0 Å². The van der Waals surface area contributed by atoms with Crippen molar-refractivity contribution in [3.8, 4) is 0 Å². The van der Waals surface area contributed by atoms with Gasteiger partial charge in [-0.1, -0.05) is 0 Å². The average molecular weight is 321 g/mol. The largest absolute Gasteiger partial charge is 0.389 e. The molecule has 0 aromatic heterocycles. The van der Waals surface area contributed by atoms with E-state index in [4.69, 9.17) is 4.74 Å². The maximum absolute atomic E-state index is 11.3. The number of piperazine rings is 1. The lowest BCUT2D eigenvalue weighted by Gasteiger charge is -2.35. The molecule has 2 heterocycles. The van der Waals surface area contributed by atoms with Crippen molar-refractivity contribution in [2.75, 3.05) is 45.6 Å². The molecule has 2 fully saturated rings. The normalized spacial score (nSPS) is 31.6. The molecular formula is C12H23N3O5S. The topological polar surface area (TPSA) is 99.2 Å². The predicted molar refractivity (Wildman–Crippen MR) is 76.2 cm³/mol. The summed E-state index contributed by atoms with van der Waals surface area (Å²) >= 11 is 0. The van der Waals surface area contributed by atoms with E-state index in [9.17, 15) is 18.3 Å². The van der Waals surface area contributed by atoms with Crippen LogP contribution in [0.4, 0.5) is 0 Å². The number of carbonyl (C=O) groups excluding carboxylic acids is 1. The van der Waals surface area contributed by atoms with Gasteiger partial charge in [0, 0.05) is 39.6 Å². The van der Waals surface area contributed by atoms with Crippen LogP contribution >= 0.6 is 0 Å². The van der Waals surface area contributed by atoms with Gasteiger partial charge in [-0.3, -0.25) is 9.69 Å². The van der Waals surface area contributed by atoms with Gasteiger partial charge in [0.1, 0.15) is 0 Å². The summed E-state index contributed by atoms with van der Waals surface area (Å²) in [5.41, 5.74) is 0. The molecule has 122 valence electrons. The van der Waals surface area contributed by atoms with Crippen LogP contribution in [0.2, 0.25) is 0 Å². The molecule has 0 radical (unpaired) electrons. The van der Waals surface area contributed by atoms with E-state index < -0.39 is 28.3 Å². The second-order valence-corrected chi connectivity index (χ2v) is 7.45. The first-order valence-electron chi connectivity index (χ1n) is 7.01. The molecule has 0 unspecified atom stereocenters. The fourth-order valence-electron chi connectivity index (χ4n) is 2.72. The molecule has 1 amide bonds. The standard InChI is InChI=1S/C12H23N3O5S/c1-9(16)15-5-3-14(4-6-15)7-11-12(17)10(8-20-11)13-21(2,18)19/h10-13,17H,3-8H2,1-2H3/t10-,11-,12+/m0/s1. The molecule has 2 saturated heterocycles. The Kier molecular flexibility index (Phi) is 5.20. The van der Waals surface area contributed by atoms with E-state index in [2.05, 4.69) is 9.62 Å². The molecule has 0 spiro atoms. The van der Waals surface area contributed by atoms with Gasteiger partial charge in [0.2, 0.25) is 15.9 Å². The van der Waals surface area contributed by atoms with Crippen LogP contribution in [0.1, 0.15) is 6.92 Å². The molecule has 21 heavy (non-hydrogen) atoms. The minimum atomic E-state index is -3.36. The van der Waals surface area contributed by atoms with Crippen molar-refractivity contribution in [2.24, 2.45) is 0 Å². The van der Waals surface area contributed by atoms with E-state index in [1.165, 1.54) is 0 Å². The van der Waals surface area contributed by atoms with Crippen molar-refractivity contribution >= 4 is 15.9 Å². The van der Waals surface area contributed by atoms with E-state index >= 15 is 0 Å². The van der Waals surface area contributed by atoms with Crippen LogP contribution in [-0.4, -0.2) is 93.1 Å². The molecule has 2 rings (SSSR count). The van der Waals surface area contributed by atoms with Gasteiger partial charge in [0.25, 0.3) is 0 Å². The Balaban J connectivity index is 1.81. The smallest absolute Gasteiger partial charge is 0.219 e. The fraction of sp³-hybridized carbons (Fsp3) is 0.917. The van der Waals surface area contributed by atoms with Crippen molar-refractivity contribution in [3.63, 3.8) is 0 Å². The Labute approximate surface area is 125 Å². The Morgan fingerprint density at radius 1 is 1.33 bits per heavy atom. The number of ether oxygens (including phenoxy) is 1. The Bertz CT molecular complexity index is 475. The molecule has 2 aliphatic heterocycles. The lowest BCUT2D eigenvalue weighted by Crippen LogP contribution is -2.52. The van der Waals surface area contributed by atoms with Crippen molar-refractivity contribution in [1.29, 1.82) is 0 Å². The van der Waals surface area contributed by atoms with E-state index in [0.29, 0.717) is 19.6 Å². The summed E-state index contributed by atoms with van der Waals surface area (Å²) < 4.78 is 30.3. The quantitative estimate of drug-likeness (QED) is 0.611. The molecule has 0 bridgehead atoms. The zero-order valence-electron chi connectivity index (χ0n) is 12.4.